The summed E-state index contributed by atoms with van der Waals surface area (Å²) in [5.74, 6) is 0.803. The van der Waals surface area contributed by atoms with E-state index in [2.05, 4.69) is 0 Å². The number of aromatic nitrogens is 1. The maximum absolute atomic E-state index is 12.2. The third-order valence-electron chi connectivity index (χ3n) is 3.10. The Morgan fingerprint density at radius 1 is 1.16 bits per heavy atom. The normalized spacial score (nSPS) is 10.8. The molecule has 96 valence electrons. The quantitative estimate of drug-likeness (QED) is 0.722. The van der Waals surface area contributed by atoms with Gasteiger partial charge in [-0.2, -0.15) is 0 Å². The summed E-state index contributed by atoms with van der Waals surface area (Å²) in [5, 5.41) is 0.830. The van der Waals surface area contributed by atoms with Crippen LogP contribution >= 0.6 is 0 Å². The predicted molar refractivity (Wildman–Crippen MR) is 72.6 cm³/mol. The minimum Gasteiger partial charge on any atom is -0.497 e. The van der Waals surface area contributed by atoms with Crippen molar-refractivity contribution < 1.29 is 9.15 Å². The van der Waals surface area contributed by atoms with Crippen molar-refractivity contribution in [2.75, 3.05) is 7.11 Å². The summed E-state index contributed by atoms with van der Waals surface area (Å²) >= 11 is 0. The van der Waals surface area contributed by atoms with Crippen LogP contribution in [0.5, 0.6) is 5.75 Å². The Hall–Kier alpha value is -2.49. The van der Waals surface area contributed by atoms with Crippen molar-refractivity contribution in [1.29, 1.82) is 0 Å². The molecule has 0 spiro atoms. The lowest BCUT2D eigenvalue weighted by Gasteiger charge is -2.06. The first-order valence-corrected chi connectivity index (χ1v) is 5.97. The molecule has 3 rings (SSSR count). The van der Waals surface area contributed by atoms with Crippen molar-refractivity contribution in [3.63, 3.8) is 0 Å². The van der Waals surface area contributed by atoms with Crippen LogP contribution in [0.4, 0.5) is 0 Å². The average molecular weight is 255 g/mol. The first kappa shape index (κ1) is 11.6. The third kappa shape index (κ3) is 2.12. The number of fused-ring (bicyclic) bond motifs is 1. The molecule has 0 aliphatic heterocycles. The summed E-state index contributed by atoms with van der Waals surface area (Å²) in [4.78, 5) is 12.2. The molecule has 19 heavy (non-hydrogen) atoms. The fourth-order valence-corrected chi connectivity index (χ4v) is 2.04. The maximum atomic E-state index is 12.2. The van der Waals surface area contributed by atoms with Crippen LogP contribution in [0.3, 0.4) is 0 Å². The van der Waals surface area contributed by atoms with Crippen molar-refractivity contribution in [3.05, 3.63) is 64.8 Å². The molecule has 4 nitrogen and oxygen atoms in total. The SMILES string of the molecule is COc1ccc(Cn2ccc3ccoc3c2=O)cc1. The van der Waals surface area contributed by atoms with Crippen molar-refractivity contribution in [1.82, 2.24) is 4.57 Å². The molecule has 1 aromatic carbocycles. The van der Waals surface area contributed by atoms with Gasteiger partial charge in [-0.25, -0.2) is 0 Å². The molecule has 0 saturated carbocycles. The third-order valence-corrected chi connectivity index (χ3v) is 3.10. The molecule has 0 amide bonds. The molecule has 2 heterocycles. The molecule has 0 aliphatic rings. The van der Waals surface area contributed by atoms with Crippen LogP contribution in [-0.4, -0.2) is 11.7 Å². The Morgan fingerprint density at radius 2 is 1.95 bits per heavy atom. The largest absolute Gasteiger partial charge is 0.497 e. The van der Waals surface area contributed by atoms with Crippen LogP contribution in [0.1, 0.15) is 5.56 Å². The lowest BCUT2D eigenvalue weighted by atomic mass is 10.2. The summed E-state index contributed by atoms with van der Waals surface area (Å²) in [6.07, 6.45) is 3.31. The van der Waals surface area contributed by atoms with Crippen LogP contribution < -0.4 is 10.3 Å². The minimum atomic E-state index is -0.113. The zero-order valence-electron chi connectivity index (χ0n) is 10.5. The first-order valence-electron chi connectivity index (χ1n) is 5.97. The Balaban J connectivity index is 1.95. The van der Waals surface area contributed by atoms with E-state index >= 15 is 0 Å². The molecular weight excluding hydrogens is 242 g/mol. The van der Waals surface area contributed by atoms with E-state index in [4.69, 9.17) is 9.15 Å². The standard InChI is InChI=1S/C15H13NO3/c1-18-13-4-2-11(3-5-13)10-16-8-6-12-7-9-19-14(12)15(16)17/h2-9H,10H2,1H3. The number of hydrogen-bond donors (Lipinski definition) is 0. The molecule has 0 saturated heterocycles. The van der Waals surface area contributed by atoms with Gasteiger partial charge in [0.15, 0.2) is 5.58 Å². The number of pyridine rings is 1. The molecule has 0 radical (unpaired) electrons. The van der Waals surface area contributed by atoms with Crippen LogP contribution in [0, 0.1) is 0 Å². The summed E-state index contributed by atoms with van der Waals surface area (Å²) < 4.78 is 11.9. The number of ether oxygens (including phenoxy) is 1. The van der Waals surface area contributed by atoms with Crippen LogP contribution in [0.25, 0.3) is 11.0 Å². The van der Waals surface area contributed by atoms with Crippen LogP contribution in [0.2, 0.25) is 0 Å². The maximum Gasteiger partial charge on any atom is 0.294 e. The molecule has 3 aromatic rings. The molecule has 0 bridgehead atoms. The highest BCUT2D eigenvalue weighted by Crippen LogP contribution is 2.13. The number of furan rings is 1. The van der Waals surface area contributed by atoms with Crippen LogP contribution in [0.15, 0.2) is 58.1 Å². The monoisotopic (exact) mass is 255 g/mol. The van der Waals surface area contributed by atoms with Crippen molar-refractivity contribution >= 4 is 11.0 Å². The molecule has 0 atom stereocenters. The van der Waals surface area contributed by atoms with E-state index in [9.17, 15) is 4.79 Å². The van der Waals surface area contributed by atoms with E-state index < -0.39 is 0 Å². The van der Waals surface area contributed by atoms with Gasteiger partial charge >= 0.3 is 0 Å². The fraction of sp³-hybridized carbons (Fsp3) is 0.133. The average Bonchev–Trinajstić information content (AvgIpc) is 2.92. The van der Waals surface area contributed by atoms with Crippen LogP contribution in [-0.2, 0) is 6.54 Å². The van der Waals surface area contributed by atoms with Crippen molar-refractivity contribution in [2.45, 2.75) is 6.54 Å². The summed E-state index contributed by atoms with van der Waals surface area (Å²) in [5.41, 5.74) is 1.32. The molecule has 0 fully saturated rings. The Bertz CT molecular complexity index is 753. The van der Waals surface area contributed by atoms with Gasteiger partial charge in [-0.1, -0.05) is 12.1 Å². The van der Waals surface area contributed by atoms with Gasteiger partial charge in [0.05, 0.1) is 19.9 Å². The highest BCUT2D eigenvalue weighted by Gasteiger charge is 2.05. The second kappa shape index (κ2) is 4.65. The Labute approximate surface area is 109 Å². The number of methoxy groups -OCH3 is 1. The first-order chi connectivity index (χ1) is 9.28. The number of hydrogen-bond acceptors (Lipinski definition) is 3. The van der Waals surface area contributed by atoms with Crippen molar-refractivity contribution in [3.8, 4) is 5.75 Å². The smallest absolute Gasteiger partial charge is 0.294 e. The lowest BCUT2D eigenvalue weighted by Crippen LogP contribution is -2.19. The van der Waals surface area contributed by atoms with Gasteiger partial charge < -0.3 is 13.7 Å². The summed E-state index contributed by atoms with van der Waals surface area (Å²) in [7, 11) is 1.63. The van der Waals surface area contributed by atoms with E-state index in [0.717, 1.165) is 16.7 Å². The van der Waals surface area contributed by atoms with Gasteiger partial charge in [-0.3, -0.25) is 4.79 Å². The fourth-order valence-electron chi connectivity index (χ4n) is 2.04. The molecule has 0 aliphatic carbocycles. The van der Waals surface area contributed by atoms with E-state index in [1.807, 2.05) is 30.3 Å². The zero-order chi connectivity index (χ0) is 13.2. The lowest BCUT2D eigenvalue weighted by molar-refractivity contribution is 0.414. The number of nitrogens with zero attached hydrogens (tertiary/aromatic N) is 1. The highest BCUT2D eigenvalue weighted by atomic mass is 16.5. The number of benzene rings is 1. The Morgan fingerprint density at radius 3 is 2.68 bits per heavy atom. The van der Waals surface area contributed by atoms with Gasteiger partial charge in [0.1, 0.15) is 5.75 Å². The van der Waals surface area contributed by atoms with Gasteiger partial charge in [-0.05, 0) is 29.8 Å². The molecule has 0 unspecified atom stereocenters. The predicted octanol–water partition coefficient (Wildman–Crippen LogP) is 2.65. The second-order valence-electron chi connectivity index (χ2n) is 4.30. The minimum absolute atomic E-state index is 0.113. The molecule has 4 heteroatoms. The number of rotatable bonds is 3. The molecule has 2 aromatic heterocycles. The highest BCUT2D eigenvalue weighted by molar-refractivity contribution is 5.75. The molecular formula is C15H13NO3. The van der Waals surface area contributed by atoms with Gasteiger partial charge in [0.2, 0.25) is 0 Å². The summed E-state index contributed by atoms with van der Waals surface area (Å²) in [6.45, 7) is 0.513. The van der Waals surface area contributed by atoms with Crippen molar-refractivity contribution in [2.24, 2.45) is 0 Å². The Kier molecular flexibility index (Phi) is 2.83. The van der Waals surface area contributed by atoms with E-state index in [0.29, 0.717) is 12.1 Å². The topological polar surface area (TPSA) is 44.4 Å². The van der Waals surface area contributed by atoms with E-state index in [1.165, 1.54) is 6.26 Å². The van der Waals surface area contributed by atoms with Gasteiger partial charge in [-0.15, -0.1) is 0 Å². The van der Waals surface area contributed by atoms with Gasteiger partial charge in [0.25, 0.3) is 5.56 Å². The zero-order valence-corrected chi connectivity index (χ0v) is 10.5. The van der Waals surface area contributed by atoms with Gasteiger partial charge in [0, 0.05) is 11.6 Å². The molecule has 0 N–H and O–H groups in total. The second-order valence-corrected chi connectivity index (χ2v) is 4.30. The van der Waals surface area contributed by atoms with E-state index in [-0.39, 0.29) is 5.56 Å². The van der Waals surface area contributed by atoms with E-state index in [1.54, 1.807) is 23.9 Å². The summed E-state index contributed by atoms with van der Waals surface area (Å²) in [6, 6.07) is 11.3.